The lowest BCUT2D eigenvalue weighted by molar-refractivity contribution is -0.116. The molecule has 0 saturated heterocycles. The minimum Gasteiger partial charge on any atom is -0.324 e. The number of carbonyl (C=O) groups excluding carboxylic acids is 2. The number of aromatic nitrogens is 3. The number of para-hydroxylation sites is 1. The standard InChI is InChI=1S/C25H23N5O2S/c1-16-11-13-18(14-12-16)23-28-29-25(33)30(23)15-22(31)27-21-10-6-9-20(17(21)2)24(32)26-19-7-4-3-5-8-19/h3-14H,15H2,1-2H3,(H,26,32)(H,27,31)(H,29,33). The molecule has 0 spiro atoms. The molecule has 3 aromatic carbocycles. The van der Waals surface area contributed by atoms with Crippen molar-refractivity contribution in [2.24, 2.45) is 0 Å². The molecule has 0 atom stereocenters. The molecule has 0 aliphatic carbocycles. The van der Waals surface area contributed by atoms with Gasteiger partial charge in [-0.1, -0.05) is 54.1 Å². The molecule has 33 heavy (non-hydrogen) atoms. The van der Waals surface area contributed by atoms with Crippen LogP contribution in [0.3, 0.4) is 0 Å². The van der Waals surface area contributed by atoms with Crippen molar-refractivity contribution < 1.29 is 9.59 Å². The Balaban J connectivity index is 1.52. The summed E-state index contributed by atoms with van der Waals surface area (Å²) in [5, 5.41) is 12.8. The van der Waals surface area contributed by atoms with E-state index in [1.54, 1.807) is 29.7 Å². The van der Waals surface area contributed by atoms with E-state index < -0.39 is 0 Å². The molecule has 8 heteroatoms. The van der Waals surface area contributed by atoms with E-state index in [1.807, 2.05) is 61.5 Å². The number of hydrogen-bond acceptors (Lipinski definition) is 4. The van der Waals surface area contributed by atoms with E-state index in [1.165, 1.54) is 0 Å². The average molecular weight is 458 g/mol. The summed E-state index contributed by atoms with van der Waals surface area (Å²) < 4.78 is 2.00. The maximum absolute atomic E-state index is 12.9. The third-order valence-corrected chi connectivity index (χ3v) is 5.57. The molecular formula is C25H23N5O2S. The molecule has 0 unspecified atom stereocenters. The van der Waals surface area contributed by atoms with Gasteiger partial charge in [0.25, 0.3) is 5.91 Å². The van der Waals surface area contributed by atoms with Crippen molar-refractivity contribution in [2.45, 2.75) is 20.4 Å². The fourth-order valence-corrected chi connectivity index (χ4v) is 3.65. The number of nitrogens with one attached hydrogen (secondary N) is 3. The summed E-state index contributed by atoms with van der Waals surface area (Å²) in [6.45, 7) is 3.79. The van der Waals surface area contributed by atoms with Gasteiger partial charge in [0, 0.05) is 22.5 Å². The van der Waals surface area contributed by atoms with E-state index in [4.69, 9.17) is 12.2 Å². The molecule has 0 bridgehead atoms. The number of carbonyl (C=O) groups is 2. The lowest BCUT2D eigenvalue weighted by atomic mass is 10.1. The SMILES string of the molecule is Cc1ccc(-c2n[nH]c(=S)n2CC(=O)Nc2cccc(C(=O)Nc3ccccc3)c2C)cc1. The lowest BCUT2D eigenvalue weighted by Crippen LogP contribution is -2.21. The number of hydrogen-bond donors (Lipinski definition) is 3. The second-order valence-corrected chi connectivity index (χ2v) is 8.04. The summed E-state index contributed by atoms with van der Waals surface area (Å²) >= 11 is 5.34. The van der Waals surface area contributed by atoms with Crippen molar-refractivity contribution in [1.82, 2.24) is 14.8 Å². The smallest absolute Gasteiger partial charge is 0.256 e. The third-order valence-electron chi connectivity index (χ3n) is 5.25. The first kappa shape index (κ1) is 22.2. The average Bonchev–Trinajstić information content (AvgIpc) is 3.16. The van der Waals surface area contributed by atoms with Crippen LogP contribution in [-0.4, -0.2) is 26.6 Å². The Morgan fingerprint density at radius 2 is 1.67 bits per heavy atom. The molecular weight excluding hydrogens is 434 g/mol. The van der Waals surface area contributed by atoms with Crippen molar-refractivity contribution in [3.8, 4) is 11.4 Å². The lowest BCUT2D eigenvalue weighted by Gasteiger charge is -2.13. The van der Waals surface area contributed by atoms with Gasteiger partial charge in [0.1, 0.15) is 6.54 Å². The highest BCUT2D eigenvalue weighted by molar-refractivity contribution is 7.71. The Morgan fingerprint density at radius 3 is 2.39 bits per heavy atom. The Kier molecular flexibility index (Phi) is 6.46. The molecule has 0 radical (unpaired) electrons. The largest absolute Gasteiger partial charge is 0.324 e. The van der Waals surface area contributed by atoms with Crippen molar-refractivity contribution in [3.05, 3.63) is 94.3 Å². The van der Waals surface area contributed by atoms with E-state index in [0.717, 1.165) is 11.1 Å². The molecule has 1 heterocycles. The van der Waals surface area contributed by atoms with Crippen molar-refractivity contribution in [1.29, 1.82) is 0 Å². The number of H-pyrrole nitrogens is 1. The van der Waals surface area contributed by atoms with Gasteiger partial charge in [-0.15, -0.1) is 0 Å². The zero-order chi connectivity index (χ0) is 23.4. The van der Waals surface area contributed by atoms with Crippen LogP contribution in [0.15, 0.2) is 72.8 Å². The summed E-state index contributed by atoms with van der Waals surface area (Å²) in [4.78, 5) is 25.6. The van der Waals surface area contributed by atoms with E-state index in [-0.39, 0.29) is 18.4 Å². The molecule has 0 aliphatic rings. The van der Waals surface area contributed by atoms with Crippen LogP contribution in [0.4, 0.5) is 11.4 Å². The summed E-state index contributed by atoms with van der Waals surface area (Å²) in [5.74, 6) is 0.0703. The molecule has 7 nitrogen and oxygen atoms in total. The van der Waals surface area contributed by atoms with Crippen LogP contribution in [0.25, 0.3) is 11.4 Å². The van der Waals surface area contributed by atoms with Gasteiger partial charge in [-0.25, -0.2) is 0 Å². The first-order valence-corrected chi connectivity index (χ1v) is 10.8. The monoisotopic (exact) mass is 457 g/mol. The maximum Gasteiger partial charge on any atom is 0.256 e. The topological polar surface area (TPSA) is 91.8 Å². The number of nitrogens with zero attached hydrogens (tertiary/aromatic N) is 2. The highest BCUT2D eigenvalue weighted by Gasteiger charge is 2.16. The number of anilines is 2. The van der Waals surface area contributed by atoms with Crippen molar-refractivity contribution >= 4 is 35.4 Å². The highest BCUT2D eigenvalue weighted by Crippen LogP contribution is 2.22. The van der Waals surface area contributed by atoms with Crippen molar-refractivity contribution in [2.75, 3.05) is 10.6 Å². The molecule has 3 N–H and O–H groups in total. The molecule has 0 aliphatic heterocycles. The van der Waals surface area contributed by atoms with Gasteiger partial charge in [-0.05, 0) is 55.9 Å². The van der Waals surface area contributed by atoms with Gasteiger partial charge >= 0.3 is 0 Å². The van der Waals surface area contributed by atoms with E-state index in [2.05, 4.69) is 20.8 Å². The Labute approximate surface area is 196 Å². The zero-order valence-electron chi connectivity index (χ0n) is 18.3. The van der Waals surface area contributed by atoms with Crippen LogP contribution in [0.1, 0.15) is 21.5 Å². The summed E-state index contributed by atoms with van der Waals surface area (Å²) in [7, 11) is 0. The molecule has 1 aromatic heterocycles. The summed E-state index contributed by atoms with van der Waals surface area (Å²) in [6.07, 6.45) is 0. The number of benzene rings is 3. The zero-order valence-corrected chi connectivity index (χ0v) is 19.1. The van der Waals surface area contributed by atoms with Gasteiger partial charge < -0.3 is 10.6 Å². The predicted octanol–water partition coefficient (Wildman–Crippen LogP) is 5.12. The number of aromatic amines is 1. The molecule has 4 rings (SSSR count). The number of rotatable bonds is 6. The molecule has 166 valence electrons. The second-order valence-electron chi connectivity index (χ2n) is 7.65. The molecule has 0 saturated carbocycles. The fraction of sp³-hybridized carbons (Fsp3) is 0.120. The normalized spacial score (nSPS) is 10.6. The molecule has 2 amide bonds. The van der Waals surface area contributed by atoms with Gasteiger partial charge in [0.2, 0.25) is 5.91 Å². The first-order chi connectivity index (χ1) is 15.9. The third kappa shape index (κ3) is 5.07. The van der Waals surface area contributed by atoms with Crippen LogP contribution >= 0.6 is 12.2 Å². The maximum atomic E-state index is 12.9. The highest BCUT2D eigenvalue weighted by atomic mass is 32.1. The molecule has 4 aromatic rings. The minimum atomic E-state index is -0.274. The van der Waals surface area contributed by atoms with Crippen LogP contribution in [-0.2, 0) is 11.3 Å². The van der Waals surface area contributed by atoms with Crippen LogP contribution in [0, 0.1) is 18.6 Å². The predicted molar refractivity (Wildman–Crippen MR) is 132 cm³/mol. The number of aryl methyl sites for hydroxylation is 1. The quantitative estimate of drug-likeness (QED) is 0.351. The first-order valence-electron chi connectivity index (χ1n) is 10.4. The minimum absolute atomic E-state index is 0.0155. The Bertz CT molecular complexity index is 1360. The van der Waals surface area contributed by atoms with E-state index in [9.17, 15) is 9.59 Å². The van der Waals surface area contributed by atoms with Crippen LogP contribution < -0.4 is 10.6 Å². The fourth-order valence-electron chi connectivity index (χ4n) is 3.46. The Hall–Kier alpha value is -4.04. The van der Waals surface area contributed by atoms with Gasteiger partial charge in [0.15, 0.2) is 10.6 Å². The van der Waals surface area contributed by atoms with Gasteiger partial charge in [-0.2, -0.15) is 5.10 Å². The van der Waals surface area contributed by atoms with Crippen molar-refractivity contribution in [3.63, 3.8) is 0 Å². The van der Waals surface area contributed by atoms with Gasteiger partial charge in [0.05, 0.1) is 0 Å². The van der Waals surface area contributed by atoms with E-state index in [0.29, 0.717) is 33.1 Å². The van der Waals surface area contributed by atoms with Gasteiger partial charge in [-0.3, -0.25) is 19.3 Å². The number of amides is 2. The summed E-state index contributed by atoms with van der Waals surface area (Å²) in [6, 6.07) is 22.3. The van der Waals surface area contributed by atoms with Crippen LogP contribution in [0.5, 0.6) is 0 Å². The van der Waals surface area contributed by atoms with E-state index >= 15 is 0 Å². The molecule has 0 fully saturated rings. The second kappa shape index (κ2) is 9.62. The Morgan fingerprint density at radius 1 is 0.939 bits per heavy atom. The van der Waals surface area contributed by atoms with Crippen LogP contribution in [0.2, 0.25) is 0 Å². The summed E-state index contributed by atoms with van der Waals surface area (Å²) in [5.41, 5.74) is 4.41.